The minimum atomic E-state index is -4.68. The molecule has 2 aliphatic rings. The molecule has 3 unspecified atom stereocenters. The Labute approximate surface area is 349 Å². The van der Waals surface area contributed by atoms with Crippen LogP contribution < -0.4 is 9.80 Å². The van der Waals surface area contributed by atoms with Gasteiger partial charge in [-0.15, -0.1) is 0 Å². The van der Waals surface area contributed by atoms with E-state index in [0.717, 1.165) is 6.07 Å². The third-order valence-electron chi connectivity index (χ3n) is 10.6. The van der Waals surface area contributed by atoms with Crippen molar-refractivity contribution in [1.82, 2.24) is 0 Å². The van der Waals surface area contributed by atoms with Crippen molar-refractivity contribution in [3.8, 4) is 0 Å². The normalized spacial score (nSPS) is 21.9. The van der Waals surface area contributed by atoms with Crippen LogP contribution in [0.15, 0.2) is 93.9 Å². The minimum Gasteiger partial charge on any atom is -0.481 e. The van der Waals surface area contributed by atoms with Gasteiger partial charge in [-0.25, -0.2) is 0 Å². The lowest BCUT2D eigenvalue weighted by molar-refractivity contribution is -0.139. The molecule has 2 aliphatic heterocycles. The molecular formula is C38H48N2O16S4. The summed E-state index contributed by atoms with van der Waals surface area (Å²) in [6.07, 6.45) is 9.60. The van der Waals surface area contributed by atoms with E-state index in [0.29, 0.717) is 28.2 Å². The molecule has 330 valence electrons. The lowest BCUT2D eigenvalue weighted by Gasteiger charge is -2.34. The zero-order valence-electron chi connectivity index (χ0n) is 32.9. The van der Waals surface area contributed by atoms with Crippen LogP contribution in [0.3, 0.4) is 0 Å². The van der Waals surface area contributed by atoms with Crippen LogP contribution in [0.4, 0.5) is 11.4 Å². The summed E-state index contributed by atoms with van der Waals surface area (Å²) in [5, 5.41) is 19.9. The minimum absolute atomic E-state index is 0.0575. The van der Waals surface area contributed by atoms with Crippen molar-refractivity contribution < 1.29 is 71.7 Å². The summed E-state index contributed by atoms with van der Waals surface area (Å²) in [5.41, 5.74) is -0.0254. The Bertz CT molecular complexity index is 2580. The number of carboxylic acid groups (broad SMARTS) is 2. The van der Waals surface area contributed by atoms with E-state index in [4.69, 9.17) is 0 Å². The Morgan fingerprint density at radius 2 is 1.22 bits per heavy atom. The van der Waals surface area contributed by atoms with Crippen LogP contribution in [0, 0.1) is 0 Å². The average Bonchev–Trinajstić information content (AvgIpc) is 3.45. The summed E-state index contributed by atoms with van der Waals surface area (Å²) >= 11 is 0. The molecule has 2 aromatic rings. The zero-order valence-corrected chi connectivity index (χ0v) is 36.1. The van der Waals surface area contributed by atoms with Crippen LogP contribution in [-0.4, -0.2) is 105 Å². The number of allylic oxidation sites excluding steroid dienone is 7. The first-order chi connectivity index (χ1) is 27.6. The smallest absolute Gasteiger partial charge is 0.304 e. The first-order valence-corrected chi connectivity index (χ1v) is 24.5. The van der Waals surface area contributed by atoms with Gasteiger partial charge in [-0.1, -0.05) is 42.9 Å². The molecule has 6 N–H and O–H groups in total. The number of benzene rings is 2. The molecule has 4 rings (SSSR count). The Morgan fingerprint density at radius 3 is 1.73 bits per heavy atom. The Hall–Kier alpha value is -4.42. The van der Waals surface area contributed by atoms with Crippen LogP contribution in [0.25, 0.3) is 0 Å². The predicted molar refractivity (Wildman–Crippen MR) is 222 cm³/mol. The van der Waals surface area contributed by atoms with E-state index >= 15 is 0 Å². The predicted octanol–water partition coefficient (Wildman–Crippen LogP) is 4.63. The quantitative estimate of drug-likeness (QED) is 0.0599. The van der Waals surface area contributed by atoms with E-state index in [1.54, 1.807) is 67.0 Å². The number of fused-ring (bicyclic) bond motifs is 2. The highest BCUT2D eigenvalue weighted by Crippen LogP contribution is 2.51. The molecule has 22 heteroatoms. The van der Waals surface area contributed by atoms with Gasteiger partial charge in [0.05, 0.1) is 40.2 Å². The largest absolute Gasteiger partial charge is 0.481 e. The first-order valence-electron chi connectivity index (χ1n) is 18.4. The molecule has 0 saturated heterocycles. The number of nitrogens with zero attached hydrogens (tertiary/aromatic N) is 2. The molecule has 0 fully saturated rings. The summed E-state index contributed by atoms with van der Waals surface area (Å²) in [6, 6.07) is 6.88. The van der Waals surface area contributed by atoms with Gasteiger partial charge in [0.25, 0.3) is 40.5 Å². The third-order valence-corrected chi connectivity index (χ3v) is 13.9. The summed E-state index contributed by atoms with van der Waals surface area (Å²) in [4.78, 5) is 27.1. The van der Waals surface area contributed by atoms with Gasteiger partial charge in [-0.2, -0.15) is 33.7 Å². The number of carboxylic acids is 2. The number of rotatable bonds is 20. The van der Waals surface area contributed by atoms with E-state index in [1.807, 2.05) is 0 Å². The van der Waals surface area contributed by atoms with E-state index in [2.05, 4.69) is 0 Å². The first kappa shape index (κ1) is 48.2. The van der Waals surface area contributed by atoms with Crippen molar-refractivity contribution in [2.75, 3.05) is 34.4 Å². The maximum atomic E-state index is 12.2. The number of aliphatic carboxylic acids is 2. The summed E-state index contributed by atoms with van der Waals surface area (Å²) in [5.74, 6) is -3.43. The van der Waals surface area contributed by atoms with Gasteiger partial charge >= 0.3 is 11.9 Å². The standard InChI is InChI=1S/C38H48N2O16S4/c1-26(10-8-12-33-37(2,24-35(41)42)29-22-27(59(51,52)53)14-16-31(29)39(33)18-4-6-20-57(45,46)47)11-9-13-34-38(3,25-36(43)44)30-23-28(60(54,55)56)15-17-32(30)40(34)19-5-7-21-58(48,49)50/h8-17,22-23,33H,4-7,18-21,24-25H2,1-3H3,(H,41,42)(H,43,44)(H,45,46,47)(H,48,49,50)(H,51,52,53)(H,54,55,56)/b11-9+,12-8+,26-10+,34-13+. The van der Waals surface area contributed by atoms with Crippen molar-refractivity contribution in [3.05, 3.63) is 95.3 Å². The van der Waals surface area contributed by atoms with Crippen LogP contribution in [0.2, 0.25) is 0 Å². The monoisotopic (exact) mass is 916 g/mol. The van der Waals surface area contributed by atoms with Gasteiger partial charge in [0.2, 0.25) is 0 Å². The van der Waals surface area contributed by atoms with Crippen molar-refractivity contribution in [3.63, 3.8) is 0 Å². The number of hydrogen-bond acceptors (Lipinski definition) is 12. The second-order valence-corrected chi connectivity index (χ2v) is 21.2. The number of hydrogen-bond donors (Lipinski definition) is 6. The molecular weight excluding hydrogens is 869 g/mol. The molecule has 0 aliphatic carbocycles. The summed E-state index contributed by atoms with van der Waals surface area (Å²) in [6.45, 7) is 5.29. The Morgan fingerprint density at radius 1 is 0.700 bits per heavy atom. The molecule has 0 radical (unpaired) electrons. The van der Waals surface area contributed by atoms with Crippen molar-refractivity contribution in [2.24, 2.45) is 0 Å². The summed E-state index contributed by atoms with van der Waals surface area (Å²) < 4.78 is 132. The molecule has 2 aromatic carbocycles. The zero-order chi connectivity index (χ0) is 45.1. The second-order valence-electron chi connectivity index (χ2n) is 15.2. The fraction of sp³-hybridized carbons (Fsp3) is 0.421. The van der Waals surface area contributed by atoms with Gasteiger partial charge in [0, 0.05) is 41.0 Å². The SMILES string of the molecule is CC(/C=C/C=C1/N(CCCCS(=O)(=O)O)c2ccc(S(=O)(=O)O)cc2C1(C)CC(=O)O)=C\C=C\C1N(CCCCS(=O)(=O)O)c2ccc(S(=O)(=O)O)cc2C1(C)CC(=O)O. The maximum absolute atomic E-state index is 12.2. The fourth-order valence-corrected chi connectivity index (χ4v) is 9.98. The molecule has 0 amide bonds. The van der Waals surface area contributed by atoms with Gasteiger partial charge < -0.3 is 20.0 Å². The lowest BCUT2D eigenvalue weighted by atomic mass is 9.75. The highest BCUT2D eigenvalue weighted by molar-refractivity contribution is 7.86. The van der Waals surface area contributed by atoms with E-state index < -0.39 is 103 Å². The lowest BCUT2D eigenvalue weighted by Crippen LogP contribution is -2.43. The van der Waals surface area contributed by atoms with Gasteiger partial charge in [-0.05, 0) is 93.1 Å². The molecule has 0 aromatic heterocycles. The van der Waals surface area contributed by atoms with E-state index in [9.17, 15) is 71.7 Å². The van der Waals surface area contributed by atoms with Crippen molar-refractivity contribution in [2.45, 2.75) is 86.0 Å². The van der Waals surface area contributed by atoms with Crippen molar-refractivity contribution in [1.29, 1.82) is 0 Å². The van der Waals surface area contributed by atoms with Gasteiger partial charge in [-0.3, -0.25) is 27.8 Å². The highest BCUT2D eigenvalue weighted by Gasteiger charge is 2.48. The van der Waals surface area contributed by atoms with Crippen LogP contribution in [0.1, 0.15) is 70.4 Å². The fourth-order valence-electron chi connectivity index (χ4n) is 7.83. The summed E-state index contributed by atoms with van der Waals surface area (Å²) in [7, 11) is -17.8. The van der Waals surface area contributed by atoms with Gasteiger partial charge in [0.1, 0.15) is 0 Å². The number of unbranched alkanes of at least 4 members (excludes halogenated alkanes) is 2. The van der Waals surface area contributed by atoms with Gasteiger partial charge in [0.15, 0.2) is 0 Å². The average molecular weight is 917 g/mol. The molecule has 0 bridgehead atoms. The molecule has 18 nitrogen and oxygen atoms in total. The van der Waals surface area contributed by atoms with Crippen molar-refractivity contribution >= 4 is 63.8 Å². The molecule has 0 saturated carbocycles. The number of anilines is 2. The molecule has 3 atom stereocenters. The van der Waals surface area contributed by atoms with Crippen LogP contribution in [-0.2, 0) is 60.9 Å². The Balaban J connectivity index is 1.73. The molecule has 2 heterocycles. The van der Waals surface area contributed by atoms with E-state index in [1.165, 1.54) is 30.3 Å². The molecule has 60 heavy (non-hydrogen) atoms. The van der Waals surface area contributed by atoms with Crippen LogP contribution >= 0.6 is 0 Å². The second kappa shape index (κ2) is 18.3. The Kier molecular flexibility index (Phi) is 14.7. The highest BCUT2D eigenvalue weighted by atomic mass is 32.2. The molecule has 0 spiro atoms. The number of carbonyl (C=O) groups is 2. The van der Waals surface area contributed by atoms with Crippen LogP contribution in [0.5, 0.6) is 0 Å². The topological polar surface area (TPSA) is 299 Å². The van der Waals surface area contributed by atoms with E-state index in [-0.39, 0.29) is 44.3 Å². The maximum Gasteiger partial charge on any atom is 0.304 e. The third kappa shape index (κ3) is 11.9.